The molecule has 1 aromatic rings. The number of para-hydroxylation sites is 1. The smallest absolute Gasteiger partial charge is 0.310 e. The van der Waals surface area contributed by atoms with Gasteiger partial charge in [-0.05, 0) is 12.1 Å². The molecule has 0 saturated heterocycles. The first kappa shape index (κ1) is 10.7. The Morgan fingerprint density at radius 1 is 1.33 bits per heavy atom. The van der Waals surface area contributed by atoms with E-state index < -0.39 is 0 Å². The lowest BCUT2D eigenvalue weighted by atomic mass is 10.3. The molecule has 12 heavy (non-hydrogen) atoms. The Labute approximate surface area is 71.3 Å². The molecule has 0 fully saturated rings. The third-order valence-corrected chi connectivity index (χ3v) is 1.26. The van der Waals surface area contributed by atoms with Crippen molar-refractivity contribution in [2.24, 2.45) is 0 Å². The molecule has 1 aromatic carbocycles. The fraction of sp³-hybridized carbons (Fsp3) is 0.222. The maximum atomic E-state index is 10.8. The summed E-state index contributed by atoms with van der Waals surface area (Å²) in [6.45, 7) is 1.77. The summed E-state index contributed by atoms with van der Waals surface area (Å²) in [4.78, 5) is 10.8. The summed E-state index contributed by atoms with van der Waals surface area (Å²) >= 11 is 0. The lowest BCUT2D eigenvalue weighted by Crippen LogP contribution is -2.04. The number of ether oxygens (including phenoxy) is 1. The second-order valence-electron chi connectivity index (χ2n) is 2.14. The van der Waals surface area contributed by atoms with Gasteiger partial charge in [-0.2, -0.15) is 0 Å². The van der Waals surface area contributed by atoms with Gasteiger partial charge < -0.3 is 10.2 Å². The van der Waals surface area contributed by atoms with Gasteiger partial charge in [0.15, 0.2) is 0 Å². The summed E-state index contributed by atoms with van der Waals surface area (Å²) in [7, 11) is 0. The molecule has 0 heterocycles. The number of hydrogen-bond donors (Lipinski definition) is 0. The quantitative estimate of drug-likeness (QED) is 0.491. The number of esters is 1. The van der Waals surface area contributed by atoms with Crippen LogP contribution in [0.2, 0.25) is 0 Å². The van der Waals surface area contributed by atoms with Crippen molar-refractivity contribution < 1.29 is 15.0 Å². The van der Waals surface area contributed by atoms with E-state index >= 15 is 0 Å². The van der Waals surface area contributed by atoms with Crippen LogP contribution in [0, 0.1) is 0 Å². The second kappa shape index (κ2) is 5.32. The molecule has 0 aliphatic rings. The van der Waals surface area contributed by atoms with Crippen LogP contribution in [0.5, 0.6) is 5.75 Å². The highest BCUT2D eigenvalue weighted by Gasteiger charge is 1.98. The zero-order valence-corrected chi connectivity index (χ0v) is 6.91. The zero-order chi connectivity index (χ0) is 8.10. The molecule has 0 bridgehead atoms. The number of hydrogen-bond acceptors (Lipinski definition) is 2. The van der Waals surface area contributed by atoms with Gasteiger partial charge in [-0.15, -0.1) is 0 Å². The van der Waals surface area contributed by atoms with Gasteiger partial charge >= 0.3 is 5.97 Å². The number of benzene rings is 1. The van der Waals surface area contributed by atoms with Gasteiger partial charge in [-0.25, -0.2) is 0 Å². The fourth-order valence-corrected chi connectivity index (χ4v) is 0.692. The zero-order valence-electron chi connectivity index (χ0n) is 6.91. The van der Waals surface area contributed by atoms with E-state index in [1.165, 1.54) is 0 Å². The van der Waals surface area contributed by atoms with Crippen molar-refractivity contribution >= 4 is 5.97 Å². The third kappa shape index (κ3) is 3.16. The fourth-order valence-electron chi connectivity index (χ4n) is 0.692. The van der Waals surface area contributed by atoms with E-state index in [4.69, 9.17) is 4.74 Å². The first-order valence-corrected chi connectivity index (χ1v) is 3.58. The molecule has 1 rings (SSSR count). The van der Waals surface area contributed by atoms with Crippen LogP contribution in [0.1, 0.15) is 13.3 Å². The molecule has 2 N–H and O–H groups in total. The number of carbonyl (C=O) groups is 1. The van der Waals surface area contributed by atoms with Gasteiger partial charge in [0, 0.05) is 6.42 Å². The summed E-state index contributed by atoms with van der Waals surface area (Å²) < 4.78 is 4.92. The normalized spacial score (nSPS) is 8.42. The van der Waals surface area contributed by atoms with Crippen LogP contribution in [0.3, 0.4) is 0 Å². The molecule has 0 aromatic heterocycles. The van der Waals surface area contributed by atoms with E-state index in [2.05, 4.69) is 0 Å². The van der Waals surface area contributed by atoms with Crippen LogP contribution < -0.4 is 4.74 Å². The van der Waals surface area contributed by atoms with Crippen molar-refractivity contribution in [2.45, 2.75) is 13.3 Å². The Morgan fingerprint density at radius 3 is 2.42 bits per heavy atom. The van der Waals surface area contributed by atoms with Gasteiger partial charge in [0.2, 0.25) is 0 Å². The summed E-state index contributed by atoms with van der Waals surface area (Å²) in [5.74, 6) is 0.413. The SMILES string of the molecule is CCC(=O)Oc1ccccc1.O. The van der Waals surface area contributed by atoms with Crippen molar-refractivity contribution in [3.8, 4) is 5.75 Å². The highest BCUT2D eigenvalue weighted by molar-refractivity contribution is 5.71. The van der Waals surface area contributed by atoms with Crippen molar-refractivity contribution in [3.63, 3.8) is 0 Å². The molecule has 0 aliphatic carbocycles. The largest absolute Gasteiger partial charge is 0.427 e. The van der Waals surface area contributed by atoms with Crippen LogP contribution in [0.4, 0.5) is 0 Å². The minimum absolute atomic E-state index is 0. The minimum atomic E-state index is -0.198. The van der Waals surface area contributed by atoms with E-state index in [-0.39, 0.29) is 11.4 Å². The molecule has 0 atom stereocenters. The van der Waals surface area contributed by atoms with E-state index in [0.29, 0.717) is 12.2 Å². The molecule has 0 saturated carbocycles. The first-order chi connectivity index (χ1) is 5.33. The Balaban J connectivity index is 0.00000121. The molecular formula is C9H12O3. The maximum Gasteiger partial charge on any atom is 0.310 e. The molecule has 0 amide bonds. The monoisotopic (exact) mass is 168 g/mol. The Kier molecular flexibility index (Phi) is 4.72. The highest BCUT2D eigenvalue weighted by Crippen LogP contribution is 2.08. The molecule has 0 aliphatic heterocycles. The van der Waals surface area contributed by atoms with Crippen LogP contribution in [-0.4, -0.2) is 11.4 Å². The summed E-state index contributed by atoms with van der Waals surface area (Å²) in [6.07, 6.45) is 0.412. The van der Waals surface area contributed by atoms with Crippen molar-refractivity contribution in [1.82, 2.24) is 0 Å². The highest BCUT2D eigenvalue weighted by atomic mass is 16.5. The molecule has 3 heteroatoms. The second-order valence-corrected chi connectivity index (χ2v) is 2.14. The Hall–Kier alpha value is -1.35. The Morgan fingerprint density at radius 2 is 1.92 bits per heavy atom. The van der Waals surface area contributed by atoms with E-state index in [1.807, 2.05) is 18.2 Å². The molecule has 66 valence electrons. The van der Waals surface area contributed by atoms with Gasteiger partial charge in [0.05, 0.1) is 0 Å². The van der Waals surface area contributed by atoms with E-state index in [0.717, 1.165) is 0 Å². The van der Waals surface area contributed by atoms with Gasteiger partial charge in [-0.1, -0.05) is 25.1 Å². The van der Waals surface area contributed by atoms with Crippen molar-refractivity contribution in [3.05, 3.63) is 30.3 Å². The van der Waals surface area contributed by atoms with Gasteiger partial charge in [-0.3, -0.25) is 4.79 Å². The number of rotatable bonds is 2. The Bertz CT molecular complexity index is 231. The van der Waals surface area contributed by atoms with E-state index in [1.54, 1.807) is 19.1 Å². The standard InChI is InChI=1S/C9H10O2.H2O/c1-2-9(10)11-8-6-4-3-5-7-8;/h3-7H,2H2,1H3;1H2. The molecule has 0 spiro atoms. The number of carbonyl (C=O) groups excluding carboxylic acids is 1. The van der Waals surface area contributed by atoms with Crippen molar-refractivity contribution in [2.75, 3.05) is 0 Å². The average Bonchev–Trinajstić information content (AvgIpc) is 2.06. The topological polar surface area (TPSA) is 57.8 Å². The van der Waals surface area contributed by atoms with Crippen LogP contribution in [0.15, 0.2) is 30.3 Å². The van der Waals surface area contributed by atoms with E-state index in [9.17, 15) is 4.79 Å². The molecular weight excluding hydrogens is 156 g/mol. The molecule has 3 nitrogen and oxygen atoms in total. The molecule has 0 unspecified atom stereocenters. The molecule has 0 radical (unpaired) electrons. The lowest BCUT2D eigenvalue weighted by molar-refractivity contribution is -0.134. The maximum absolute atomic E-state index is 10.8. The van der Waals surface area contributed by atoms with Gasteiger partial charge in [0.25, 0.3) is 0 Å². The predicted octanol–water partition coefficient (Wildman–Crippen LogP) is 1.18. The summed E-state index contributed by atoms with van der Waals surface area (Å²) in [6, 6.07) is 9.06. The predicted molar refractivity (Wildman–Crippen MR) is 46.0 cm³/mol. The summed E-state index contributed by atoms with van der Waals surface area (Å²) in [5.41, 5.74) is 0. The lowest BCUT2D eigenvalue weighted by Gasteiger charge is -1.99. The van der Waals surface area contributed by atoms with Gasteiger partial charge in [0.1, 0.15) is 5.75 Å². The van der Waals surface area contributed by atoms with Crippen LogP contribution >= 0.6 is 0 Å². The minimum Gasteiger partial charge on any atom is -0.427 e. The average molecular weight is 168 g/mol. The summed E-state index contributed by atoms with van der Waals surface area (Å²) in [5, 5.41) is 0. The van der Waals surface area contributed by atoms with Crippen LogP contribution in [-0.2, 0) is 4.79 Å². The van der Waals surface area contributed by atoms with Crippen molar-refractivity contribution in [1.29, 1.82) is 0 Å². The first-order valence-electron chi connectivity index (χ1n) is 3.58. The third-order valence-electron chi connectivity index (χ3n) is 1.26. The van der Waals surface area contributed by atoms with Crippen LogP contribution in [0.25, 0.3) is 0 Å².